The first kappa shape index (κ1) is 14.9. The van der Waals surface area contributed by atoms with E-state index in [0.29, 0.717) is 6.54 Å². The summed E-state index contributed by atoms with van der Waals surface area (Å²) in [7, 11) is 3.65. The van der Waals surface area contributed by atoms with E-state index in [2.05, 4.69) is 4.98 Å². The third-order valence-electron chi connectivity index (χ3n) is 2.46. The second-order valence-electron chi connectivity index (χ2n) is 4.32. The summed E-state index contributed by atoms with van der Waals surface area (Å²) >= 11 is 0. The zero-order chi connectivity index (χ0) is 14.4. The third-order valence-corrected chi connectivity index (χ3v) is 2.46. The van der Waals surface area contributed by atoms with Crippen LogP contribution in [0.2, 0.25) is 0 Å². The molecule has 0 aliphatic heterocycles. The Morgan fingerprint density at radius 2 is 2.00 bits per heavy atom. The number of aliphatic carboxylic acids is 1. The molecule has 1 amide bonds. The van der Waals surface area contributed by atoms with Crippen LogP contribution in [0.25, 0.3) is 0 Å². The van der Waals surface area contributed by atoms with E-state index in [1.807, 2.05) is 19.0 Å². The summed E-state index contributed by atoms with van der Waals surface area (Å²) in [4.78, 5) is 29.7. The number of hydrogen-bond donors (Lipinski definition) is 2. The molecule has 0 unspecified atom stereocenters. The maximum Gasteiger partial charge on any atom is 0.323 e. The van der Waals surface area contributed by atoms with Crippen molar-refractivity contribution in [2.45, 2.75) is 0 Å². The van der Waals surface area contributed by atoms with E-state index in [0.717, 1.165) is 6.20 Å². The molecule has 0 aliphatic rings. The minimum atomic E-state index is -1.10. The van der Waals surface area contributed by atoms with Crippen molar-refractivity contribution in [1.82, 2.24) is 14.8 Å². The molecule has 19 heavy (non-hydrogen) atoms. The molecule has 1 heterocycles. The molecule has 1 aromatic rings. The summed E-state index contributed by atoms with van der Waals surface area (Å²) in [6, 6.07) is 1.36. The summed E-state index contributed by atoms with van der Waals surface area (Å²) in [6.07, 6.45) is 2.52. The lowest BCUT2D eigenvalue weighted by Crippen LogP contribution is -2.40. The highest BCUT2D eigenvalue weighted by atomic mass is 16.4. The van der Waals surface area contributed by atoms with E-state index in [-0.39, 0.29) is 17.9 Å². The van der Waals surface area contributed by atoms with Gasteiger partial charge < -0.3 is 20.0 Å². The number of likely N-dealkylation sites (N-methyl/N-ethyl adjacent to an activating group) is 1. The van der Waals surface area contributed by atoms with Gasteiger partial charge in [-0.2, -0.15) is 0 Å². The second kappa shape index (κ2) is 6.69. The number of hydrogen-bond acceptors (Lipinski definition) is 5. The fourth-order valence-electron chi connectivity index (χ4n) is 1.47. The molecule has 0 radical (unpaired) electrons. The maximum absolute atomic E-state index is 12.2. The van der Waals surface area contributed by atoms with Gasteiger partial charge >= 0.3 is 5.97 Å². The normalized spacial score (nSPS) is 10.5. The van der Waals surface area contributed by atoms with Crippen LogP contribution in [0.5, 0.6) is 5.75 Å². The van der Waals surface area contributed by atoms with Crippen molar-refractivity contribution < 1.29 is 19.8 Å². The molecule has 0 fully saturated rings. The van der Waals surface area contributed by atoms with Crippen LogP contribution in [0.1, 0.15) is 10.4 Å². The fourth-order valence-corrected chi connectivity index (χ4v) is 1.47. The summed E-state index contributed by atoms with van der Waals surface area (Å²) in [6.45, 7) is 0.388. The summed E-state index contributed by atoms with van der Waals surface area (Å²) in [5.74, 6) is -1.88. The van der Waals surface area contributed by atoms with E-state index in [4.69, 9.17) is 5.11 Å². The molecule has 1 rings (SSSR count). The monoisotopic (exact) mass is 267 g/mol. The molecule has 7 heteroatoms. The minimum absolute atomic E-state index is 0.0509. The number of rotatable bonds is 6. The van der Waals surface area contributed by atoms with Gasteiger partial charge in [0.25, 0.3) is 5.91 Å². The first-order valence-corrected chi connectivity index (χ1v) is 5.70. The van der Waals surface area contributed by atoms with Gasteiger partial charge in [0.2, 0.25) is 0 Å². The minimum Gasteiger partial charge on any atom is -0.505 e. The SMILES string of the molecule is CN(C)CCN(CC(=O)O)C(=O)c1ccncc1O. The van der Waals surface area contributed by atoms with Crippen molar-refractivity contribution in [2.24, 2.45) is 0 Å². The number of carbonyl (C=O) groups is 2. The van der Waals surface area contributed by atoms with Gasteiger partial charge in [0.1, 0.15) is 12.3 Å². The Bertz CT molecular complexity index is 462. The number of nitrogens with zero attached hydrogens (tertiary/aromatic N) is 3. The average molecular weight is 267 g/mol. The quantitative estimate of drug-likeness (QED) is 0.746. The van der Waals surface area contributed by atoms with Gasteiger partial charge in [0.05, 0.1) is 11.8 Å². The molecular formula is C12H17N3O4. The molecule has 0 aliphatic carbocycles. The molecule has 0 spiro atoms. The predicted octanol–water partition coefficient (Wildman–Crippen LogP) is -0.124. The van der Waals surface area contributed by atoms with Crippen LogP contribution in [0.4, 0.5) is 0 Å². The van der Waals surface area contributed by atoms with E-state index < -0.39 is 18.4 Å². The molecule has 2 N–H and O–H groups in total. The van der Waals surface area contributed by atoms with Crippen LogP contribution in [-0.4, -0.2) is 70.6 Å². The standard InChI is InChI=1S/C12H17N3O4/c1-14(2)5-6-15(8-11(17)18)12(19)9-3-4-13-7-10(9)16/h3-4,7,16H,5-6,8H2,1-2H3,(H,17,18). The highest BCUT2D eigenvalue weighted by Gasteiger charge is 2.21. The Balaban J connectivity index is 2.87. The highest BCUT2D eigenvalue weighted by molar-refractivity contribution is 5.98. The highest BCUT2D eigenvalue weighted by Crippen LogP contribution is 2.16. The first-order valence-electron chi connectivity index (χ1n) is 5.70. The lowest BCUT2D eigenvalue weighted by atomic mass is 10.2. The zero-order valence-corrected chi connectivity index (χ0v) is 10.9. The lowest BCUT2D eigenvalue weighted by Gasteiger charge is -2.22. The van der Waals surface area contributed by atoms with Crippen LogP contribution in [-0.2, 0) is 4.79 Å². The zero-order valence-electron chi connectivity index (χ0n) is 10.9. The Morgan fingerprint density at radius 1 is 1.32 bits per heavy atom. The van der Waals surface area contributed by atoms with Gasteiger partial charge in [0, 0.05) is 19.3 Å². The molecule has 0 aromatic carbocycles. The molecule has 0 saturated heterocycles. The topological polar surface area (TPSA) is 94.0 Å². The molecule has 7 nitrogen and oxygen atoms in total. The Morgan fingerprint density at radius 3 is 2.53 bits per heavy atom. The van der Waals surface area contributed by atoms with Crippen molar-refractivity contribution in [1.29, 1.82) is 0 Å². The number of carboxylic acids is 1. The molecule has 0 atom stereocenters. The van der Waals surface area contributed by atoms with Crippen LogP contribution in [0.15, 0.2) is 18.5 Å². The van der Waals surface area contributed by atoms with Crippen molar-refractivity contribution in [3.8, 4) is 5.75 Å². The molecule has 104 valence electrons. The van der Waals surface area contributed by atoms with E-state index >= 15 is 0 Å². The van der Waals surface area contributed by atoms with Crippen LogP contribution < -0.4 is 0 Å². The number of aromatic nitrogens is 1. The van der Waals surface area contributed by atoms with Crippen molar-refractivity contribution >= 4 is 11.9 Å². The Labute approximate surface area is 111 Å². The molecule has 0 bridgehead atoms. The number of pyridine rings is 1. The van der Waals surface area contributed by atoms with E-state index in [1.165, 1.54) is 17.2 Å². The van der Waals surface area contributed by atoms with Gasteiger partial charge in [-0.05, 0) is 20.2 Å². The molecule has 0 saturated carbocycles. The average Bonchev–Trinajstić information content (AvgIpc) is 2.33. The summed E-state index contributed by atoms with van der Waals surface area (Å²) in [5, 5.41) is 18.4. The maximum atomic E-state index is 12.2. The largest absolute Gasteiger partial charge is 0.505 e. The summed E-state index contributed by atoms with van der Waals surface area (Å²) < 4.78 is 0. The summed E-state index contributed by atoms with van der Waals surface area (Å²) in [5.41, 5.74) is 0.0509. The smallest absolute Gasteiger partial charge is 0.323 e. The van der Waals surface area contributed by atoms with E-state index in [1.54, 1.807) is 0 Å². The van der Waals surface area contributed by atoms with Gasteiger partial charge in [-0.25, -0.2) is 0 Å². The van der Waals surface area contributed by atoms with Crippen LogP contribution in [0, 0.1) is 0 Å². The third kappa shape index (κ3) is 4.55. The van der Waals surface area contributed by atoms with Gasteiger partial charge in [0.15, 0.2) is 0 Å². The van der Waals surface area contributed by atoms with Crippen molar-refractivity contribution in [2.75, 3.05) is 33.7 Å². The number of aromatic hydroxyl groups is 1. The number of amides is 1. The van der Waals surface area contributed by atoms with Crippen molar-refractivity contribution in [3.05, 3.63) is 24.0 Å². The first-order chi connectivity index (χ1) is 8.91. The van der Waals surface area contributed by atoms with Gasteiger partial charge in [-0.1, -0.05) is 0 Å². The van der Waals surface area contributed by atoms with Gasteiger partial charge in [-0.15, -0.1) is 0 Å². The van der Waals surface area contributed by atoms with Crippen LogP contribution >= 0.6 is 0 Å². The van der Waals surface area contributed by atoms with Crippen molar-refractivity contribution in [3.63, 3.8) is 0 Å². The number of carboxylic acid groups (broad SMARTS) is 1. The van der Waals surface area contributed by atoms with Crippen LogP contribution in [0.3, 0.4) is 0 Å². The Hall–Kier alpha value is -2.15. The predicted molar refractivity (Wildman–Crippen MR) is 68.0 cm³/mol. The Kier molecular flexibility index (Phi) is 5.25. The number of carbonyl (C=O) groups excluding carboxylic acids is 1. The molecule has 1 aromatic heterocycles. The van der Waals surface area contributed by atoms with Gasteiger partial charge in [-0.3, -0.25) is 14.6 Å². The molecular weight excluding hydrogens is 250 g/mol. The van der Waals surface area contributed by atoms with E-state index in [9.17, 15) is 14.7 Å². The lowest BCUT2D eigenvalue weighted by molar-refractivity contribution is -0.137. The second-order valence-corrected chi connectivity index (χ2v) is 4.32. The fraction of sp³-hybridized carbons (Fsp3) is 0.417.